The Morgan fingerprint density at radius 1 is 1.41 bits per heavy atom. The minimum absolute atomic E-state index is 0.180. The van der Waals surface area contributed by atoms with E-state index in [2.05, 4.69) is 4.90 Å². The van der Waals surface area contributed by atoms with E-state index in [1.165, 1.54) is 5.56 Å². The minimum atomic E-state index is 0.180. The molecule has 1 heterocycles. The minimum Gasteiger partial charge on any atom is -0.380 e. The predicted octanol–water partition coefficient (Wildman–Crippen LogP) is 1.90. The highest BCUT2D eigenvalue weighted by Gasteiger charge is 2.22. The molecule has 0 spiro atoms. The fourth-order valence-electron chi connectivity index (χ4n) is 2.06. The van der Waals surface area contributed by atoms with Gasteiger partial charge in [-0.1, -0.05) is 29.8 Å². The van der Waals surface area contributed by atoms with Crippen molar-refractivity contribution in [2.75, 3.05) is 26.8 Å². The summed E-state index contributed by atoms with van der Waals surface area (Å²) >= 11 is 0. The van der Waals surface area contributed by atoms with Gasteiger partial charge in [-0.15, -0.1) is 0 Å². The summed E-state index contributed by atoms with van der Waals surface area (Å²) in [5, 5.41) is 0. The molecule has 1 saturated heterocycles. The van der Waals surface area contributed by atoms with Crippen molar-refractivity contribution in [3.8, 4) is 0 Å². The molecule has 0 bridgehead atoms. The Hall–Kier alpha value is -1.19. The van der Waals surface area contributed by atoms with Crippen molar-refractivity contribution in [3.63, 3.8) is 0 Å². The number of hydrogen-bond donors (Lipinski definition) is 0. The van der Waals surface area contributed by atoms with Gasteiger partial charge in [-0.2, -0.15) is 0 Å². The maximum atomic E-state index is 12.0. The van der Waals surface area contributed by atoms with Crippen LogP contribution in [0.1, 0.15) is 22.3 Å². The van der Waals surface area contributed by atoms with Gasteiger partial charge in [-0.25, -0.2) is 0 Å². The molecule has 0 saturated carbocycles. The van der Waals surface area contributed by atoms with Gasteiger partial charge in [0.05, 0.1) is 13.2 Å². The molecule has 92 valence electrons. The van der Waals surface area contributed by atoms with Crippen molar-refractivity contribution in [1.82, 2.24) is 4.90 Å². The van der Waals surface area contributed by atoms with Gasteiger partial charge in [0, 0.05) is 18.2 Å². The second kappa shape index (κ2) is 5.43. The van der Waals surface area contributed by atoms with Gasteiger partial charge in [0.2, 0.25) is 0 Å². The van der Waals surface area contributed by atoms with E-state index in [-0.39, 0.29) is 5.78 Å². The molecule has 0 radical (unpaired) electrons. The van der Waals surface area contributed by atoms with Crippen molar-refractivity contribution in [1.29, 1.82) is 0 Å². The number of carbonyl (C=O) groups excluding carboxylic acids is 1. The van der Waals surface area contributed by atoms with Crippen molar-refractivity contribution < 1.29 is 9.53 Å². The Labute approximate surface area is 102 Å². The molecule has 1 aromatic carbocycles. The average molecular weight is 233 g/mol. The van der Waals surface area contributed by atoms with E-state index in [0.29, 0.717) is 12.6 Å². The Balaban J connectivity index is 1.94. The highest BCUT2D eigenvalue weighted by atomic mass is 16.5. The molecule has 1 fully saturated rings. The number of likely N-dealkylation sites (N-methyl/N-ethyl adjacent to an activating group) is 1. The molecule has 1 aromatic rings. The number of ketones is 1. The van der Waals surface area contributed by atoms with Crippen molar-refractivity contribution in [2.45, 2.75) is 19.4 Å². The number of ether oxygens (including phenoxy) is 1. The number of nitrogens with zero attached hydrogens (tertiary/aromatic N) is 1. The number of hydrogen-bond acceptors (Lipinski definition) is 3. The first-order chi connectivity index (χ1) is 8.16. The van der Waals surface area contributed by atoms with E-state index < -0.39 is 0 Å². The zero-order chi connectivity index (χ0) is 12.3. The Bertz CT molecular complexity index is 380. The summed E-state index contributed by atoms with van der Waals surface area (Å²) in [7, 11) is 1.99. The lowest BCUT2D eigenvalue weighted by Gasteiger charge is -2.21. The molecule has 17 heavy (non-hydrogen) atoms. The second-order valence-electron chi connectivity index (χ2n) is 4.72. The summed E-state index contributed by atoms with van der Waals surface area (Å²) in [6.45, 7) is 4.05. The largest absolute Gasteiger partial charge is 0.380 e. The second-order valence-corrected chi connectivity index (χ2v) is 4.72. The number of Topliss-reactive ketones (excluding diaryl/α,β-unsaturated/α-hetero) is 1. The van der Waals surface area contributed by atoms with E-state index in [4.69, 9.17) is 4.74 Å². The van der Waals surface area contributed by atoms with Crippen LogP contribution in [0.25, 0.3) is 0 Å². The monoisotopic (exact) mass is 233 g/mol. The lowest BCUT2D eigenvalue weighted by Crippen LogP contribution is -2.36. The lowest BCUT2D eigenvalue weighted by atomic mass is 10.1. The molecule has 0 N–H and O–H groups in total. The van der Waals surface area contributed by atoms with Gasteiger partial charge < -0.3 is 4.74 Å². The fourth-order valence-corrected chi connectivity index (χ4v) is 2.06. The van der Waals surface area contributed by atoms with E-state index in [0.717, 1.165) is 25.2 Å². The van der Waals surface area contributed by atoms with Gasteiger partial charge in [-0.3, -0.25) is 9.69 Å². The summed E-state index contributed by atoms with van der Waals surface area (Å²) in [5.74, 6) is 0.180. The lowest BCUT2D eigenvalue weighted by molar-refractivity contribution is 0.0907. The third-order valence-corrected chi connectivity index (χ3v) is 3.30. The van der Waals surface area contributed by atoms with Crippen LogP contribution in [0.4, 0.5) is 0 Å². The van der Waals surface area contributed by atoms with Crippen molar-refractivity contribution in [2.24, 2.45) is 0 Å². The summed E-state index contributed by atoms with van der Waals surface area (Å²) in [5.41, 5.74) is 1.97. The molecule has 1 atom stereocenters. The highest BCUT2D eigenvalue weighted by molar-refractivity contribution is 5.97. The van der Waals surface area contributed by atoms with Crippen LogP contribution in [0, 0.1) is 6.92 Å². The van der Waals surface area contributed by atoms with Gasteiger partial charge >= 0.3 is 0 Å². The first kappa shape index (κ1) is 12.3. The van der Waals surface area contributed by atoms with E-state index in [1.54, 1.807) is 0 Å². The van der Waals surface area contributed by atoms with E-state index in [1.807, 2.05) is 38.2 Å². The van der Waals surface area contributed by atoms with Crippen molar-refractivity contribution >= 4 is 5.78 Å². The van der Waals surface area contributed by atoms with Gasteiger partial charge in [-0.05, 0) is 20.4 Å². The number of carbonyl (C=O) groups is 1. The van der Waals surface area contributed by atoms with Crippen molar-refractivity contribution in [3.05, 3.63) is 35.4 Å². The van der Waals surface area contributed by atoms with Crippen LogP contribution in [0.3, 0.4) is 0 Å². The molecule has 1 aliphatic rings. The Morgan fingerprint density at radius 3 is 2.71 bits per heavy atom. The van der Waals surface area contributed by atoms with Crippen LogP contribution in [0.15, 0.2) is 24.3 Å². The third kappa shape index (κ3) is 3.14. The first-order valence-electron chi connectivity index (χ1n) is 6.04. The molecule has 2 rings (SSSR count). The molecule has 0 aromatic heterocycles. The summed E-state index contributed by atoms with van der Waals surface area (Å²) in [6, 6.07) is 8.15. The Kier molecular flexibility index (Phi) is 3.92. The third-order valence-electron chi connectivity index (χ3n) is 3.30. The summed E-state index contributed by atoms with van der Waals surface area (Å²) < 4.78 is 5.33. The number of aryl methyl sites for hydroxylation is 1. The smallest absolute Gasteiger partial charge is 0.176 e. The molecule has 1 aliphatic heterocycles. The summed E-state index contributed by atoms with van der Waals surface area (Å²) in [6.07, 6.45) is 1.03. The summed E-state index contributed by atoms with van der Waals surface area (Å²) in [4.78, 5) is 14.1. The predicted molar refractivity (Wildman–Crippen MR) is 67.4 cm³/mol. The van der Waals surface area contributed by atoms with Gasteiger partial charge in [0.1, 0.15) is 0 Å². The molecule has 0 aliphatic carbocycles. The first-order valence-corrected chi connectivity index (χ1v) is 6.04. The molecular weight excluding hydrogens is 214 g/mol. The van der Waals surface area contributed by atoms with Crippen LogP contribution in [-0.4, -0.2) is 43.5 Å². The zero-order valence-electron chi connectivity index (χ0n) is 10.5. The van der Waals surface area contributed by atoms with Crippen LogP contribution in [-0.2, 0) is 4.74 Å². The molecule has 0 amide bonds. The van der Waals surface area contributed by atoms with E-state index in [9.17, 15) is 4.79 Å². The normalized spacial score (nSPS) is 19.8. The average Bonchev–Trinajstić information content (AvgIpc) is 2.83. The number of benzene rings is 1. The quantitative estimate of drug-likeness (QED) is 0.744. The van der Waals surface area contributed by atoms with E-state index >= 15 is 0 Å². The zero-order valence-corrected chi connectivity index (χ0v) is 10.5. The van der Waals surface area contributed by atoms with Crippen LogP contribution in [0.5, 0.6) is 0 Å². The molecular formula is C14H19NO2. The van der Waals surface area contributed by atoms with Crippen LogP contribution < -0.4 is 0 Å². The highest BCUT2D eigenvalue weighted by Crippen LogP contribution is 2.12. The molecule has 3 heteroatoms. The maximum absolute atomic E-state index is 12.0. The van der Waals surface area contributed by atoms with Gasteiger partial charge in [0.15, 0.2) is 5.78 Å². The van der Waals surface area contributed by atoms with Crippen LogP contribution >= 0.6 is 0 Å². The maximum Gasteiger partial charge on any atom is 0.176 e. The number of rotatable bonds is 4. The van der Waals surface area contributed by atoms with Crippen LogP contribution in [0.2, 0.25) is 0 Å². The standard InChI is InChI=1S/C14H19NO2/c1-11-3-5-12(6-4-11)14(16)9-15(2)13-7-8-17-10-13/h3-6,13H,7-10H2,1-2H3. The van der Waals surface area contributed by atoms with Gasteiger partial charge in [0.25, 0.3) is 0 Å². The molecule has 1 unspecified atom stereocenters. The Morgan fingerprint density at radius 2 is 2.12 bits per heavy atom. The SMILES string of the molecule is Cc1ccc(C(=O)CN(C)C2CCOC2)cc1. The fraction of sp³-hybridized carbons (Fsp3) is 0.500. The topological polar surface area (TPSA) is 29.5 Å². The molecule has 3 nitrogen and oxygen atoms in total.